The van der Waals surface area contributed by atoms with Crippen LogP contribution >= 0.6 is 0 Å². The Hall–Kier alpha value is -2.34. The number of rotatable bonds is 7. The van der Waals surface area contributed by atoms with Gasteiger partial charge in [-0.3, -0.25) is 4.90 Å². The highest BCUT2D eigenvalue weighted by molar-refractivity contribution is 5.78. The minimum Gasteiger partial charge on any atom is -0.342 e. The molecule has 1 aliphatic rings. The molecule has 1 saturated heterocycles. The Balaban J connectivity index is 1.44. The SMILES string of the molecule is C=CCN1CC[C@H](CNC(=O)N(C)CCc2nc3c(C)cccc3[nH]2)C1. The third-order valence-electron chi connectivity index (χ3n) is 5.09. The monoisotopic (exact) mass is 355 g/mol. The molecule has 2 aromatic rings. The van der Waals surface area contributed by atoms with Gasteiger partial charge in [0.25, 0.3) is 0 Å². The number of amides is 2. The summed E-state index contributed by atoms with van der Waals surface area (Å²) < 4.78 is 0. The Morgan fingerprint density at radius 3 is 3.15 bits per heavy atom. The summed E-state index contributed by atoms with van der Waals surface area (Å²) in [5, 5.41) is 3.06. The predicted molar refractivity (Wildman–Crippen MR) is 105 cm³/mol. The first kappa shape index (κ1) is 18.5. The van der Waals surface area contributed by atoms with E-state index in [1.165, 1.54) is 0 Å². The smallest absolute Gasteiger partial charge is 0.317 e. The van der Waals surface area contributed by atoms with Gasteiger partial charge in [0.1, 0.15) is 5.82 Å². The van der Waals surface area contributed by atoms with E-state index in [1.54, 1.807) is 4.90 Å². The number of nitrogens with zero attached hydrogens (tertiary/aromatic N) is 3. The summed E-state index contributed by atoms with van der Waals surface area (Å²) in [6, 6.07) is 6.11. The molecule has 6 nitrogen and oxygen atoms in total. The fraction of sp³-hybridized carbons (Fsp3) is 0.500. The number of H-pyrrole nitrogens is 1. The van der Waals surface area contributed by atoms with Gasteiger partial charge in [0.15, 0.2) is 0 Å². The zero-order valence-electron chi connectivity index (χ0n) is 15.8. The van der Waals surface area contributed by atoms with E-state index in [-0.39, 0.29) is 6.03 Å². The average Bonchev–Trinajstić information content (AvgIpc) is 3.25. The lowest BCUT2D eigenvalue weighted by Crippen LogP contribution is -2.41. The van der Waals surface area contributed by atoms with Gasteiger partial charge in [0.2, 0.25) is 0 Å². The summed E-state index contributed by atoms with van der Waals surface area (Å²) in [6.45, 7) is 10.3. The molecule has 1 fully saturated rings. The highest BCUT2D eigenvalue weighted by Crippen LogP contribution is 2.16. The lowest BCUT2D eigenvalue weighted by Gasteiger charge is -2.19. The number of hydrogen-bond donors (Lipinski definition) is 2. The Morgan fingerprint density at radius 2 is 2.38 bits per heavy atom. The molecule has 2 N–H and O–H groups in total. The van der Waals surface area contributed by atoms with Gasteiger partial charge in [0, 0.05) is 39.6 Å². The van der Waals surface area contributed by atoms with Crippen molar-refractivity contribution < 1.29 is 4.79 Å². The molecule has 2 amide bonds. The maximum Gasteiger partial charge on any atom is 0.317 e. The molecule has 1 aromatic carbocycles. The molecule has 0 spiro atoms. The number of aryl methyl sites for hydroxylation is 1. The minimum atomic E-state index is -0.0144. The average molecular weight is 355 g/mol. The van der Waals surface area contributed by atoms with Gasteiger partial charge < -0.3 is 15.2 Å². The van der Waals surface area contributed by atoms with Crippen molar-refractivity contribution in [1.82, 2.24) is 25.1 Å². The standard InChI is InChI=1S/C20H29N5O/c1-4-10-25-12-8-16(14-25)13-21-20(26)24(3)11-9-18-22-17-7-5-6-15(2)19(17)23-18/h4-7,16H,1,8-14H2,2-3H3,(H,21,26)(H,22,23)/t16-/m1/s1. The van der Waals surface area contributed by atoms with Crippen molar-refractivity contribution in [2.24, 2.45) is 5.92 Å². The van der Waals surface area contributed by atoms with Crippen molar-refractivity contribution in [2.45, 2.75) is 19.8 Å². The molecule has 1 atom stereocenters. The quantitative estimate of drug-likeness (QED) is 0.750. The highest BCUT2D eigenvalue weighted by Gasteiger charge is 2.22. The molecule has 0 saturated carbocycles. The van der Waals surface area contributed by atoms with Gasteiger partial charge in [-0.2, -0.15) is 0 Å². The number of nitrogens with one attached hydrogen (secondary N) is 2. The normalized spacial score (nSPS) is 17.5. The van der Waals surface area contributed by atoms with Gasteiger partial charge in [-0.05, 0) is 37.4 Å². The van der Waals surface area contributed by atoms with Gasteiger partial charge in [-0.15, -0.1) is 6.58 Å². The fourth-order valence-electron chi connectivity index (χ4n) is 3.51. The second kappa shape index (κ2) is 8.36. The number of carbonyl (C=O) groups excluding carboxylic acids is 1. The largest absolute Gasteiger partial charge is 0.342 e. The van der Waals surface area contributed by atoms with E-state index in [0.29, 0.717) is 18.9 Å². The van der Waals surface area contributed by atoms with Crippen LogP contribution < -0.4 is 5.32 Å². The molecule has 0 radical (unpaired) electrons. The molecule has 0 bridgehead atoms. The van der Waals surface area contributed by atoms with Crippen LogP contribution in [0.15, 0.2) is 30.9 Å². The number of aromatic nitrogens is 2. The Kier molecular flexibility index (Phi) is 5.93. The third-order valence-corrected chi connectivity index (χ3v) is 5.09. The van der Waals surface area contributed by atoms with Crippen LogP contribution in [0.4, 0.5) is 4.79 Å². The van der Waals surface area contributed by atoms with Crippen molar-refractivity contribution in [1.29, 1.82) is 0 Å². The first-order valence-electron chi connectivity index (χ1n) is 9.33. The number of likely N-dealkylation sites (tertiary alicyclic amines) is 1. The van der Waals surface area contributed by atoms with Crippen molar-refractivity contribution in [3.63, 3.8) is 0 Å². The van der Waals surface area contributed by atoms with Crippen LogP contribution in [0.3, 0.4) is 0 Å². The molecule has 1 aromatic heterocycles. The number of likely N-dealkylation sites (N-methyl/N-ethyl adjacent to an activating group) is 1. The summed E-state index contributed by atoms with van der Waals surface area (Å²) in [4.78, 5) is 24.4. The highest BCUT2D eigenvalue weighted by atomic mass is 16.2. The molecule has 140 valence electrons. The molecule has 1 aliphatic heterocycles. The van der Waals surface area contributed by atoms with Crippen LogP contribution in [0.1, 0.15) is 17.8 Å². The zero-order chi connectivity index (χ0) is 18.5. The van der Waals surface area contributed by atoms with E-state index in [0.717, 1.165) is 55.0 Å². The molecular formula is C20H29N5O. The summed E-state index contributed by atoms with van der Waals surface area (Å²) in [6.07, 6.45) is 3.79. The molecule has 0 aliphatic carbocycles. The second-order valence-electron chi connectivity index (χ2n) is 7.22. The lowest BCUT2D eigenvalue weighted by molar-refractivity contribution is 0.207. The zero-order valence-corrected chi connectivity index (χ0v) is 15.8. The molecule has 0 unspecified atom stereocenters. The first-order chi connectivity index (χ1) is 12.6. The summed E-state index contributed by atoms with van der Waals surface area (Å²) in [5.74, 6) is 1.45. The van der Waals surface area contributed by atoms with E-state index in [4.69, 9.17) is 0 Å². The van der Waals surface area contributed by atoms with E-state index < -0.39 is 0 Å². The number of aromatic amines is 1. The van der Waals surface area contributed by atoms with E-state index in [1.807, 2.05) is 25.3 Å². The van der Waals surface area contributed by atoms with Crippen LogP contribution in [-0.4, -0.2) is 65.6 Å². The van der Waals surface area contributed by atoms with E-state index in [2.05, 4.69) is 39.8 Å². The van der Waals surface area contributed by atoms with Crippen molar-refractivity contribution in [3.05, 3.63) is 42.2 Å². The van der Waals surface area contributed by atoms with Crippen LogP contribution in [0, 0.1) is 12.8 Å². The number of benzene rings is 1. The van der Waals surface area contributed by atoms with E-state index >= 15 is 0 Å². The maximum absolute atomic E-state index is 12.3. The number of imidazole rings is 1. The van der Waals surface area contributed by atoms with Gasteiger partial charge in [-0.1, -0.05) is 18.2 Å². The molecule has 2 heterocycles. The van der Waals surface area contributed by atoms with Crippen molar-refractivity contribution in [2.75, 3.05) is 39.8 Å². The second-order valence-corrected chi connectivity index (χ2v) is 7.22. The third kappa shape index (κ3) is 4.43. The Labute approximate surface area is 155 Å². The van der Waals surface area contributed by atoms with Crippen molar-refractivity contribution in [3.8, 4) is 0 Å². The first-order valence-corrected chi connectivity index (χ1v) is 9.33. The van der Waals surface area contributed by atoms with Gasteiger partial charge in [0.05, 0.1) is 11.0 Å². The number of fused-ring (bicyclic) bond motifs is 1. The summed E-state index contributed by atoms with van der Waals surface area (Å²) in [7, 11) is 1.84. The maximum atomic E-state index is 12.3. The minimum absolute atomic E-state index is 0.0144. The number of hydrogen-bond acceptors (Lipinski definition) is 3. The lowest BCUT2D eigenvalue weighted by atomic mass is 10.1. The molecule has 26 heavy (non-hydrogen) atoms. The van der Waals surface area contributed by atoms with Gasteiger partial charge in [-0.25, -0.2) is 9.78 Å². The van der Waals surface area contributed by atoms with Gasteiger partial charge >= 0.3 is 6.03 Å². The topological polar surface area (TPSA) is 64.3 Å². The fourth-order valence-corrected chi connectivity index (χ4v) is 3.51. The molecule has 3 rings (SSSR count). The van der Waals surface area contributed by atoms with Crippen molar-refractivity contribution >= 4 is 17.1 Å². The van der Waals surface area contributed by atoms with E-state index in [9.17, 15) is 4.79 Å². The molecule has 6 heteroatoms. The Bertz CT molecular complexity index is 769. The number of carbonyl (C=O) groups is 1. The molecular weight excluding hydrogens is 326 g/mol. The van der Waals surface area contributed by atoms with Crippen LogP contribution in [0.5, 0.6) is 0 Å². The predicted octanol–water partition coefficient (Wildman–Crippen LogP) is 2.56. The summed E-state index contributed by atoms with van der Waals surface area (Å²) >= 11 is 0. The number of para-hydroxylation sites is 1. The van der Waals surface area contributed by atoms with Crippen LogP contribution in [0.25, 0.3) is 11.0 Å². The van der Waals surface area contributed by atoms with Crippen LogP contribution in [0.2, 0.25) is 0 Å². The summed E-state index contributed by atoms with van der Waals surface area (Å²) in [5.41, 5.74) is 3.23. The number of urea groups is 1. The van der Waals surface area contributed by atoms with Crippen LogP contribution in [-0.2, 0) is 6.42 Å². The Morgan fingerprint density at radius 1 is 1.54 bits per heavy atom.